The molecule has 2 unspecified atom stereocenters. The Morgan fingerprint density at radius 1 is 1.33 bits per heavy atom. The second kappa shape index (κ2) is 5.27. The number of carbonyl (C=O) groups is 1. The molecule has 5 heteroatoms. The molecule has 0 aliphatic carbocycles. The lowest BCUT2D eigenvalue weighted by Gasteiger charge is -2.12. The monoisotopic (exact) mass is 250 g/mol. The smallest absolute Gasteiger partial charge is 0.338 e. The van der Waals surface area contributed by atoms with Gasteiger partial charge in [0.05, 0.1) is 17.8 Å². The van der Waals surface area contributed by atoms with Gasteiger partial charge >= 0.3 is 5.97 Å². The third-order valence-corrected chi connectivity index (χ3v) is 2.93. The summed E-state index contributed by atoms with van der Waals surface area (Å²) in [5.74, 6) is -0.419. The average molecular weight is 250 g/mol. The Balaban J connectivity index is 1.91. The predicted octanol–water partition coefficient (Wildman–Crippen LogP) is 1.58. The molecule has 1 aliphatic heterocycles. The molecule has 1 fully saturated rings. The number of hydrogen-bond acceptors (Lipinski definition) is 5. The van der Waals surface area contributed by atoms with Crippen molar-refractivity contribution >= 4 is 17.3 Å². The highest BCUT2D eigenvalue weighted by Gasteiger charge is 2.23. The summed E-state index contributed by atoms with van der Waals surface area (Å²) in [6, 6.07) is 4.70. The summed E-state index contributed by atoms with van der Waals surface area (Å²) in [5, 5.41) is 0. The highest BCUT2D eigenvalue weighted by atomic mass is 16.6. The SMILES string of the molecule is CC1CCC(COC(=O)c2cc(N)cc(N)c2)O1. The van der Waals surface area contributed by atoms with Crippen LogP contribution in [0.15, 0.2) is 18.2 Å². The topological polar surface area (TPSA) is 87.6 Å². The molecule has 1 aromatic carbocycles. The lowest BCUT2D eigenvalue weighted by molar-refractivity contribution is -0.00265. The van der Waals surface area contributed by atoms with Crippen molar-refractivity contribution in [3.05, 3.63) is 23.8 Å². The van der Waals surface area contributed by atoms with Gasteiger partial charge in [0, 0.05) is 11.4 Å². The normalized spacial score (nSPS) is 22.9. The van der Waals surface area contributed by atoms with E-state index in [1.165, 1.54) is 0 Å². The zero-order valence-electron chi connectivity index (χ0n) is 10.4. The highest BCUT2D eigenvalue weighted by molar-refractivity contribution is 5.91. The minimum absolute atomic E-state index is 0.00218. The van der Waals surface area contributed by atoms with E-state index in [0.717, 1.165) is 12.8 Å². The summed E-state index contributed by atoms with van der Waals surface area (Å²) < 4.78 is 10.8. The van der Waals surface area contributed by atoms with E-state index in [1.54, 1.807) is 18.2 Å². The summed E-state index contributed by atoms with van der Waals surface area (Å²) in [6.07, 6.45) is 2.18. The van der Waals surface area contributed by atoms with Gasteiger partial charge in [-0.3, -0.25) is 0 Å². The lowest BCUT2D eigenvalue weighted by atomic mass is 10.2. The fourth-order valence-electron chi connectivity index (χ4n) is 2.05. The maximum atomic E-state index is 11.8. The van der Waals surface area contributed by atoms with Crippen LogP contribution >= 0.6 is 0 Å². The first-order valence-corrected chi connectivity index (χ1v) is 6.03. The second-order valence-electron chi connectivity index (χ2n) is 4.63. The van der Waals surface area contributed by atoms with Gasteiger partial charge in [-0.2, -0.15) is 0 Å². The van der Waals surface area contributed by atoms with Crippen molar-refractivity contribution in [3.8, 4) is 0 Å². The van der Waals surface area contributed by atoms with Crippen molar-refractivity contribution in [1.29, 1.82) is 0 Å². The van der Waals surface area contributed by atoms with E-state index < -0.39 is 5.97 Å². The van der Waals surface area contributed by atoms with E-state index in [-0.39, 0.29) is 18.8 Å². The van der Waals surface area contributed by atoms with Gasteiger partial charge in [-0.1, -0.05) is 0 Å². The van der Waals surface area contributed by atoms with E-state index >= 15 is 0 Å². The Kier molecular flexibility index (Phi) is 3.72. The third kappa shape index (κ3) is 3.13. The fraction of sp³-hybridized carbons (Fsp3) is 0.462. The molecule has 1 aliphatic rings. The molecule has 0 amide bonds. The number of carbonyl (C=O) groups excluding carboxylic acids is 1. The van der Waals surface area contributed by atoms with E-state index in [9.17, 15) is 4.79 Å². The molecule has 2 rings (SSSR count). The third-order valence-electron chi connectivity index (χ3n) is 2.93. The molecular formula is C13H18N2O3. The minimum Gasteiger partial charge on any atom is -0.459 e. The Labute approximate surface area is 106 Å². The number of rotatable bonds is 3. The first-order valence-electron chi connectivity index (χ1n) is 6.03. The largest absolute Gasteiger partial charge is 0.459 e. The Bertz CT molecular complexity index is 428. The Hall–Kier alpha value is -1.75. The zero-order valence-corrected chi connectivity index (χ0v) is 10.4. The number of nitrogens with two attached hydrogens (primary N) is 2. The van der Waals surface area contributed by atoms with Crippen LogP contribution in [0.2, 0.25) is 0 Å². The molecule has 5 nitrogen and oxygen atoms in total. The molecule has 0 bridgehead atoms. The Morgan fingerprint density at radius 3 is 2.56 bits per heavy atom. The van der Waals surface area contributed by atoms with Crippen LogP contribution in [-0.2, 0) is 9.47 Å². The van der Waals surface area contributed by atoms with Crippen molar-refractivity contribution in [3.63, 3.8) is 0 Å². The molecule has 0 spiro atoms. The van der Waals surface area contributed by atoms with Gasteiger partial charge in [0.1, 0.15) is 6.61 Å². The van der Waals surface area contributed by atoms with Gasteiger partial charge in [0.2, 0.25) is 0 Å². The van der Waals surface area contributed by atoms with Crippen molar-refractivity contribution < 1.29 is 14.3 Å². The van der Waals surface area contributed by atoms with E-state index in [1.807, 2.05) is 6.92 Å². The van der Waals surface area contributed by atoms with Crippen LogP contribution in [0.25, 0.3) is 0 Å². The van der Waals surface area contributed by atoms with E-state index in [0.29, 0.717) is 16.9 Å². The van der Waals surface area contributed by atoms with Crippen molar-refractivity contribution in [2.24, 2.45) is 0 Å². The van der Waals surface area contributed by atoms with Crippen LogP contribution in [0.4, 0.5) is 11.4 Å². The maximum Gasteiger partial charge on any atom is 0.338 e. The summed E-state index contributed by atoms with van der Waals surface area (Å²) >= 11 is 0. The number of benzene rings is 1. The fourth-order valence-corrected chi connectivity index (χ4v) is 2.05. The van der Waals surface area contributed by atoms with Crippen LogP contribution in [0.5, 0.6) is 0 Å². The lowest BCUT2D eigenvalue weighted by Crippen LogP contribution is -2.19. The zero-order chi connectivity index (χ0) is 13.1. The van der Waals surface area contributed by atoms with Crippen molar-refractivity contribution in [2.75, 3.05) is 18.1 Å². The quantitative estimate of drug-likeness (QED) is 0.628. The number of nitrogen functional groups attached to an aromatic ring is 2. The molecule has 1 saturated heterocycles. The predicted molar refractivity (Wildman–Crippen MR) is 69.1 cm³/mol. The summed E-state index contributed by atoms with van der Waals surface area (Å²) in [6.45, 7) is 2.29. The van der Waals surface area contributed by atoms with E-state index in [4.69, 9.17) is 20.9 Å². The average Bonchev–Trinajstić information content (AvgIpc) is 2.70. The molecule has 0 saturated carbocycles. The molecule has 1 aromatic rings. The number of ether oxygens (including phenoxy) is 2. The summed E-state index contributed by atoms with van der Waals surface area (Å²) in [4.78, 5) is 11.8. The molecule has 0 radical (unpaired) electrons. The molecule has 2 atom stereocenters. The van der Waals surface area contributed by atoms with Crippen LogP contribution in [0, 0.1) is 0 Å². The number of anilines is 2. The number of esters is 1. The van der Waals surface area contributed by atoms with Crippen molar-refractivity contribution in [2.45, 2.75) is 32.0 Å². The van der Waals surface area contributed by atoms with Gasteiger partial charge < -0.3 is 20.9 Å². The van der Waals surface area contributed by atoms with Gasteiger partial charge in [0.25, 0.3) is 0 Å². The maximum absolute atomic E-state index is 11.8. The summed E-state index contributed by atoms with van der Waals surface area (Å²) in [5.41, 5.74) is 12.5. The van der Waals surface area contributed by atoms with Crippen LogP contribution in [-0.4, -0.2) is 24.8 Å². The first-order chi connectivity index (χ1) is 8.54. The second-order valence-corrected chi connectivity index (χ2v) is 4.63. The van der Waals surface area contributed by atoms with E-state index in [2.05, 4.69) is 0 Å². The van der Waals surface area contributed by atoms with Crippen LogP contribution in [0.3, 0.4) is 0 Å². The first kappa shape index (κ1) is 12.7. The molecule has 18 heavy (non-hydrogen) atoms. The van der Waals surface area contributed by atoms with Crippen LogP contribution in [0.1, 0.15) is 30.1 Å². The van der Waals surface area contributed by atoms with Gasteiger partial charge in [-0.15, -0.1) is 0 Å². The van der Waals surface area contributed by atoms with Gasteiger partial charge in [-0.05, 0) is 38.0 Å². The van der Waals surface area contributed by atoms with Crippen molar-refractivity contribution in [1.82, 2.24) is 0 Å². The number of hydrogen-bond donors (Lipinski definition) is 2. The van der Waals surface area contributed by atoms with Gasteiger partial charge in [-0.25, -0.2) is 4.79 Å². The molecule has 98 valence electrons. The highest BCUT2D eigenvalue weighted by Crippen LogP contribution is 2.20. The minimum atomic E-state index is -0.419. The molecule has 0 aromatic heterocycles. The molecule has 1 heterocycles. The summed E-state index contributed by atoms with van der Waals surface area (Å²) in [7, 11) is 0. The molecule has 4 N–H and O–H groups in total. The van der Waals surface area contributed by atoms with Gasteiger partial charge in [0.15, 0.2) is 0 Å². The Morgan fingerprint density at radius 2 is 2.00 bits per heavy atom. The van der Waals surface area contributed by atoms with Crippen LogP contribution < -0.4 is 11.5 Å². The standard InChI is InChI=1S/C13H18N2O3/c1-8-2-3-12(18-8)7-17-13(16)9-4-10(14)6-11(15)5-9/h4-6,8,12H,2-3,7,14-15H2,1H3. The molecular weight excluding hydrogens is 232 g/mol.